The summed E-state index contributed by atoms with van der Waals surface area (Å²) >= 11 is 0. The van der Waals surface area contributed by atoms with Crippen molar-refractivity contribution in [3.8, 4) is 0 Å². The molecule has 0 radical (unpaired) electrons. The lowest BCUT2D eigenvalue weighted by Gasteiger charge is -2.43. The van der Waals surface area contributed by atoms with Crippen LogP contribution < -0.4 is 5.32 Å². The first-order valence-corrected chi connectivity index (χ1v) is 4.43. The summed E-state index contributed by atoms with van der Waals surface area (Å²) in [5, 5.41) is 3.36. The van der Waals surface area contributed by atoms with E-state index in [1.165, 1.54) is 24.8 Å². The van der Waals surface area contributed by atoms with Gasteiger partial charge in [0, 0.05) is 5.54 Å². The molecule has 1 rings (SSSR count). The van der Waals surface area contributed by atoms with Gasteiger partial charge in [0.05, 0.1) is 0 Å². The molecule has 0 bridgehead atoms. The summed E-state index contributed by atoms with van der Waals surface area (Å²) in [6.45, 7) is 7.52. The van der Waals surface area contributed by atoms with E-state index >= 15 is 0 Å². The van der Waals surface area contributed by atoms with Crippen molar-refractivity contribution in [1.29, 1.82) is 0 Å². The Morgan fingerprint density at radius 2 is 2.08 bits per heavy atom. The molecule has 1 aliphatic carbocycles. The molecule has 0 aliphatic heterocycles. The molecule has 0 spiro atoms. The van der Waals surface area contributed by atoms with E-state index in [-0.39, 0.29) is 5.54 Å². The Morgan fingerprint density at radius 1 is 1.42 bits per heavy atom. The second kappa shape index (κ2) is 3.72. The van der Waals surface area contributed by atoms with E-state index in [0.717, 1.165) is 0 Å². The lowest BCUT2D eigenvalue weighted by molar-refractivity contribution is 0.251. The lowest BCUT2D eigenvalue weighted by Crippen LogP contribution is -2.50. The fraction of sp³-hybridized carbons (Fsp3) is 0.455. The van der Waals surface area contributed by atoms with Crippen LogP contribution in [0.15, 0.2) is 37.0 Å². The van der Waals surface area contributed by atoms with Crippen LogP contribution in [0.25, 0.3) is 0 Å². The molecule has 1 nitrogen and oxygen atoms in total. The van der Waals surface area contributed by atoms with Gasteiger partial charge in [0.2, 0.25) is 0 Å². The third-order valence-electron chi connectivity index (χ3n) is 2.76. The lowest BCUT2D eigenvalue weighted by atomic mass is 9.71. The van der Waals surface area contributed by atoms with Gasteiger partial charge in [-0.2, -0.15) is 0 Å². The highest BCUT2D eigenvalue weighted by atomic mass is 15.0. The van der Waals surface area contributed by atoms with Gasteiger partial charge < -0.3 is 5.32 Å². The predicted octanol–water partition coefficient (Wildman–Crippen LogP) is 2.43. The molecular formula is C11H17N. The smallest absolute Gasteiger partial charge is 0.0432 e. The number of nitrogens with one attached hydrogen (secondary N) is 1. The molecule has 1 heteroatoms. The maximum Gasteiger partial charge on any atom is 0.0432 e. The van der Waals surface area contributed by atoms with Crippen LogP contribution in [0.4, 0.5) is 0 Å². The monoisotopic (exact) mass is 163 g/mol. The highest BCUT2D eigenvalue weighted by Gasteiger charge is 2.37. The number of likely N-dealkylation sites (N-methyl/N-ethyl adjacent to an activating group) is 1. The zero-order valence-corrected chi connectivity index (χ0v) is 7.77. The van der Waals surface area contributed by atoms with E-state index in [1.54, 1.807) is 0 Å². The van der Waals surface area contributed by atoms with E-state index in [2.05, 4.69) is 18.5 Å². The van der Waals surface area contributed by atoms with Crippen LogP contribution in [0.1, 0.15) is 19.3 Å². The number of hydrogen-bond donors (Lipinski definition) is 1. The predicted molar refractivity (Wildman–Crippen MR) is 54.1 cm³/mol. The molecule has 12 heavy (non-hydrogen) atoms. The fourth-order valence-electron chi connectivity index (χ4n) is 1.76. The minimum absolute atomic E-state index is 0.204. The van der Waals surface area contributed by atoms with Crippen molar-refractivity contribution in [2.24, 2.45) is 0 Å². The van der Waals surface area contributed by atoms with Crippen LogP contribution in [0.5, 0.6) is 0 Å². The van der Waals surface area contributed by atoms with Gasteiger partial charge in [-0.05, 0) is 31.9 Å². The molecular weight excluding hydrogens is 146 g/mol. The minimum Gasteiger partial charge on any atom is -0.310 e. The Hall–Kier alpha value is -0.820. The van der Waals surface area contributed by atoms with E-state index in [4.69, 9.17) is 0 Å². The molecule has 66 valence electrons. The highest BCUT2D eigenvalue weighted by molar-refractivity contribution is 5.35. The first kappa shape index (κ1) is 9.27. The highest BCUT2D eigenvalue weighted by Crippen LogP contribution is 2.38. The average molecular weight is 163 g/mol. The molecule has 0 atom stereocenters. The van der Waals surface area contributed by atoms with Crippen molar-refractivity contribution < 1.29 is 0 Å². The van der Waals surface area contributed by atoms with E-state index in [9.17, 15) is 0 Å². The zero-order chi connectivity index (χ0) is 9.03. The molecule has 0 unspecified atom stereocenters. The minimum atomic E-state index is 0.204. The van der Waals surface area contributed by atoms with Gasteiger partial charge in [0.25, 0.3) is 0 Å². The molecule has 1 fully saturated rings. The third kappa shape index (κ3) is 1.37. The van der Waals surface area contributed by atoms with Crippen molar-refractivity contribution in [2.75, 3.05) is 7.05 Å². The number of allylic oxidation sites excluding steroid dienone is 2. The second-order valence-corrected chi connectivity index (χ2v) is 3.25. The first-order valence-electron chi connectivity index (χ1n) is 4.43. The summed E-state index contributed by atoms with van der Waals surface area (Å²) in [4.78, 5) is 0. The summed E-state index contributed by atoms with van der Waals surface area (Å²) in [6, 6.07) is 0. The van der Waals surface area contributed by atoms with Gasteiger partial charge in [0.15, 0.2) is 0 Å². The van der Waals surface area contributed by atoms with Gasteiger partial charge >= 0.3 is 0 Å². The van der Waals surface area contributed by atoms with E-state index in [0.29, 0.717) is 0 Å². The fourth-order valence-corrected chi connectivity index (χ4v) is 1.76. The van der Waals surface area contributed by atoms with Crippen molar-refractivity contribution >= 4 is 0 Å². The van der Waals surface area contributed by atoms with Gasteiger partial charge in [-0.15, -0.1) is 0 Å². The Bertz CT molecular complexity index is 204. The Balaban J connectivity index is 2.81. The Kier molecular flexibility index (Phi) is 2.88. The molecule has 1 aliphatic rings. The van der Waals surface area contributed by atoms with Gasteiger partial charge in [0.1, 0.15) is 0 Å². The Labute approximate surface area is 74.9 Å². The molecule has 0 aromatic rings. The zero-order valence-electron chi connectivity index (χ0n) is 7.77. The summed E-state index contributed by atoms with van der Waals surface area (Å²) < 4.78 is 0. The van der Waals surface area contributed by atoms with Crippen molar-refractivity contribution in [2.45, 2.75) is 24.8 Å². The second-order valence-electron chi connectivity index (χ2n) is 3.25. The van der Waals surface area contributed by atoms with Crippen LogP contribution in [0, 0.1) is 0 Å². The average Bonchev–Trinajstić information content (AvgIpc) is 2.02. The maximum atomic E-state index is 3.82. The molecule has 1 saturated carbocycles. The molecule has 0 saturated heterocycles. The molecule has 0 aromatic heterocycles. The first-order chi connectivity index (χ1) is 5.79. The standard InChI is InChI=1S/C11H17N/c1-4-7-10(5-2)11(12-3)8-6-9-11/h4-5,7,12H,1-2,6,8-9H2,3H3/b10-7+. The van der Waals surface area contributed by atoms with Gasteiger partial charge in [-0.25, -0.2) is 0 Å². The largest absolute Gasteiger partial charge is 0.310 e. The van der Waals surface area contributed by atoms with Crippen LogP contribution in [-0.4, -0.2) is 12.6 Å². The van der Waals surface area contributed by atoms with E-state index in [1.807, 2.05) is 25.3 Å². The van der Waals surface area contributed by atoms with Crippen LogP contribution in [-0.2, 0) is 0 Å². The van der Waals surface area contributed by atoms with E-state index < -0.39 is 0 Å². The normalized spacial score (nSPS) is 21.2. The topological polar surface area (TPSA) is 12.0 Å². The SMILES string of the molecule is C=C/C=C(\C=C)C1(NC)CCC1. The van der Waals surface area contributed by atoms with Crippen molar-refractivity contribution in [1.82, 2.24) is 5.32 Å². The number of rotatable bonds is 4. The molecule has 0 amide bonds. The Morgan fingerprint density at radius 3 is 2.33 bits per heavy atom. The van der Waals surface area contributed by atoms with Crippen LogP contribution in [0.2, 0.25) is 0 Å². The summed E-state index contributed by atoms with van der Waals surface area (Å²) in [6.07, 6.45) is 9.54. The quantitative estimate of drug-likeness (QED) is 0.628. The third-order valence-corrected chi connectivity index (χ3v) is 2.76. The molecule has 0 heterocycles. The van der Waals surface area contributed by atoms with Crippen LogP contribution in [0.3, 0.4) is 0 Å². The summed E-state index contributed by atoms with van der Waals surface area (Å²) in [5.74, 6) is 0. The van der Waals surface area contributed by atoms with Crippen molar-refractivity contribution in [3.63, 3.8) is 0 Å². The van der Waals surface area contributed by atoms with Gasteiger partial charge in [-0.3, -0.25) is 0 Å². The maximum absolute atomic E-state index is 3.82. The molecule has 1 N–H and O–H groups in total. The number of hydrogen-bond acceptors (Lipinski definition) is 1. The van der Waals surface area contributed by atoms with Gasteiger partial charge in [-0.1, -0.05) is 31.4 Å². The van der Waals surface area contributed by atoms with Crippen LogP contribution >= 0.6 is 0 Å². The summed E-state index contributed by atoms with van der Waals surface area (Å²) in [5.41, 5.74) is 1.47. The summed E-state index contributed by atoms with van der Waals surface area (Å²) in [7, 11) is 2.01. The van der Waals surface area contributed by atoms with Crippen molar-refractivity contribution in [3.05, 3.63) is 37.0 Å². The molecule has 0 aromatic carbocycles.